The highest BCUT2D eigenvalue weighted by Crippen LogP contribution is 2.42. The van der Waals surface area contributed by atoms with Crippen LogP contribution in [0.5, 0.6) is 0 Å². The number of primary sulfonamides is 1. The van der Waals surface area contributed by atoms with Crippen molar-refractivity contribution in [3.05, 3.63) is 17.7 Å². The van der Waals surface area contributed by atoms with Crippen LogP contribution in [0.3, 0.4) is 0 Å². The summed E-state index contributed by atoms with van der Waals surface area (Å²) in [6.07, 6.45) is 5.43. The fourth-order valence-corrected chi connectivity index (χ4v) is 5.24. The maximum Gasteiger partial charge on any atom is 0.239 e. The van der Waals surface area contributed by atoms with Crippen molar-refractivity contribution in [1.82, 2.24) is 20.6 Å². The van der Waals surface area contributed by atoms with Gasteiger partial charge in [-0.2, -0.15) is 0 Å². The van der Waals surface area contributed by atoms with Crippen molar-refractivity contribution in [2.75, 3.05) is 6.26 Å². The van der Waals surface area contributed by atoms with Crippen molar-refractivity contribution in [1.29, 1.82) is 0 Å². The van der Waals surface area contributed by atoms with Crippen molar-refractivity contribution in [2.24, 2.45) is 10.9 Å². The van der Waals surface area contributed by atoms with E-state index in [-0.39, 0.29) is 16.9 Å². The van der Waals surface area contributed by atoms with Gasteiger partial charge in [-0.05, 0) is 59.9 Å². The van der Waals surface area contributed by atoms with Crippen LogP contribution in [0.25, 0.3) is 11.4 Å². The minimum atomic E-state index is -3.94. The van der Waals surface area contributed by atoms with Crippen molar-refractivity contribution >= 4 is 21.8 Å². The lowest BCUT2D eigenvalue weighted by atomic mass is 9.80. The molecule has 1 aliphatic carbocycles. The average Bonchev–Trinajstić information content (AvgIpc) is 3.07. The van der Waals surface area contributed by atoms with Crippen LogP contribution in [-0.2, 0) is 10.0 Å². The number of aromatic nitrogens is 4. The molecule has 0 unspecified atom stereocenters. The Bertz CT molecular complexity index is 814. The molecule has 1 aliphatic rings. The summed E-state index contributed by atoms with van der Waals surface area (Å²) < 4.78 is 24.6. The van der Waals surface area contributed by atoms with Crippen LogP contribution in [-0.4, -0.2) is 41.3 Å². The number of thioether (sulfide) groups is 1. The van der Waals surface area contributed by atoms with Crippen molar-refractivity contribution < 1.29 is 8.42 Å². The number of nitrogens with two attached hydrogens (primary N) is 2. The summed E-state index contributed by atoms with van der Waals surface area (Å²) in [5.74, 6) is 0.529. The van der Waals surface area contributed by atoms with E-state index in [4.69, 9.17) is 10.9 Å². The van der Waals surface area contributed by atoms with Gasteiger partial charge in [-0.15, -0.1) is 16.9 Å². The highest BCUT2D eigenvalue weighted by Gasteiger charge is 2.30. The number of H-pyrrole nitrogens is 1. The fourth-order valence-electron chi connectivity index (χ4n) is 3.30. The van der Waals surface area contributed by atoms with Gasteiger partial charge in [0.2, 0.25) is 10.0 Å². The molecule has 1 aromatic carbocycles. The first-order valence-corrected chi connectivity index (χ1v) is 10.4. The van der Waals surface area contributed by atoms with Gasteiger partial charge in [0, 0.05) is 16.5 Å². The highest BCUT2D eigenvalue weighted by atomic mass is 32.2. The number of hydrogen-bond acceptors (Lipinski definition) is 7. The molecule has 8 nitrogen and oxygen atoms in total. The van der Waals surface area contributed by atoms with E-state index in [1.54, 1.807) is 0 Å². The van der Waals surface area contributed by atoms with Gasteiger partial charge in [0.1, 0.15) is 4.90 Å². The lowest BCUT2D eigenvalue weighted by Crippen LogP contribution is -2.26. The van der Waals surface area contributed by atoms with E-state index >= 15 is 0 Å². The van der Waals surface area contributed by atoms with E-state index in [0.29, 0.717) is 16.3 Å². The average molecular weight is 368 g/mol. The number of nitrogens with zero attached hydrogens (tertiary/aromatic N) is 3. The third-order valence-corrected chi connectivity index (χ3v) is 6.35. The van der Waals surface area contributed by atoms with Crippen LogP contribution in [0.1, 0.15) is 37.2 Å². The zero-order chi connectivity index (χ0) is 17.3. The lowest BCUT2D eigenvalue weighted by Gasteiger charge is -2.28. The molecule has 1 saturated carbocycles. The predicted octanol–water partition coefficient (Wildman–Crippen LogP) is 1.22. The zero-order valence-electron chi connectivity index (χ0n) is 13.3. The number of benzene rings is 1. The van der Waals surface area contributed by atoms with E-state index in [9.17, 15) is 8.42 Å². The first kappa shape index (κ1) is 17.3. The molecule has 3 rings (SSSR count). The summed E-state index contributed by atoms with van der Waals surface area (Å²) in [5, 5.41) is 19.3. The van der Waals surface area contributed by atoms with E-state index in [0.717, 1.165) is 31.2 Å². The maximum absolute atomic E-state index is 12.3. The van der Waals surface area contributed by atoms with Gasteiger partial charge >= 0.3 is 0 Å². The molecule has 0 amide bonds. The molecule has 130 valence electrons. The molecular formula is C14H20N6O2S2. The minimum Gasteiger partial charge on any atom is -0.328 e. The molecule has 10 heteroatoms. The van der Waals surface area contributed by atoms with Crippen LogP contribution in [0.4, 0.5) is 0 Å². The Kier molecular flexibility index (Phi) is 4.90. The second kappa shape index (κ2) is 6.79. The molecule has 2 aromatic rings. The Labute approximate surface area is 144 Å². The minimum absolute atomic E-state index is 0.0842. The van der Waals surface area contributed by atoms with E-state index in [1.165, 1.54) is 11.8 Å². The topological polar surface area (TPSA) is 141 Å². The van der Waals surface area contributed by atoms with Gasteiger partial charge in [-0.3, -0.25) is 0 Å². The van der Waals surface area contributed by atoms with Gasteiger partial charge in [-0.25, -0.2) is 18.7 Å². The first-order valence-electron chi connectivity index (χ1n) is 7.65. The number of hydrogen-bond donors (Lipinski definition) is 3. The molecule has 0 atom stereocenters. The maximum atomic E-state index is 12.3. The van der Waals surface area contributed by atoms with Gasteiger partial charge in [0.05, 0.1) is 0 Å². The monoisotopic (exact) mass is 368 g/mol. The van der Waals surface area contributed by atoms with Crippen LogP contribution < -0.4 is 10.9 Å². The summed E-state index contributed by atoms with van der Waals surface area (Å²) in [5.41, 5.74) is 7.38. The number of sulfonamides is 1. The lowest BCUT2D eigenvalue weighted by molar-refractivity contribution is 0.395. The Balaban J connectivity index is 2.23. The molecule has 0 spiro atoms. The highest BCUT2D eigenvalue weighted by molar-refractivity contribution is 7.99. The number of nitrogens with one attached hydrogen (secondary N) is 1. The molecule has 1 heterocycles. The largest absolute Gasteiger partial charge is 0.328 e. The summed E-state index contributed by atoms with van der Waals surface area (Å²) >= 11 is 1.33. The van der Waals surface area contributed by atoms with Gasteiger partial charge in [-0.1, -0.05) is 6.07 Å². The Hall–Kier alpha value is -1.49. The SMILES string of the molecule is CSc1ccc([C@H]2CC[C@@H](N)CC2)c(-c2nnn[nH]2)c1S(N)(=O)=O. The van der Waals surface area contributed by atoms with Gasteiger partial charge in [0.15, 0.2) is 5.82 Å². The van der Waals surface area contributed by atoms with Gasteiger partial charge < -0.3 is 5.73 Å². The van der Waals surface area contributed by atoms with Crippen LogP contribution in [0.2, 0.25) is 0 Å². The van der Waals surface area contributed by atoms with Crippen LogP contribution in [0, 0.1) is 0 Å². The molecule has 0 radical (unpaired) electrons. The van der Waals surface area contributed by atoms with Gasteiger partial charge in [0.25, 0.3) is 0 Å². The third-order valence-electron chi connectivity index (χ3n) is 4.45. The normalized spacial score (nSPS) is 21.8. The zero-order valence-corrected chi connectivity index (χ0v) is 14.9. The summed E-state index contributed by atoms with van der Waals surface area (Å²) in [7, 11) is -3.94. The van der Waals surface area contributed by atoms with Crippen LogP contribution in [0.15, 0.2) is 21.9 Å². The van der Waals surface area contributed by atoms with E-state index in [2.05, 4.69) is 20.6 Å². The molecule has 1 aromatic heterocycles. The quantitative estimate of drug-likeness (QED) is 0.689. The van der Waals surface area contributed by atoms with E-state index in [1.807, 2.05) is 18.4 Å². The van der Waals surface area contributed by atoms with E-state index < -0.39 is 10.0 Å². The van der Waals surface area contributed by atoms with Crippen LogP contribution >= 0.6 is 11.8 Å². The summed E-state index contributed by atoms with van der Waals surface area (Å²) in [4.78, 5) is 0.668. The second-order valence-corrected chi connectivity index (χ2v) is 8.31. The molecular weight excluding hydrogens is 348 g/mol. The standard InChI is InChI=1S/C14H20N6O2S2/c1-23-11-7-6-10(8-2-4-9(15)5-3-8)12(13(11)24(16,21)22)14-17-19-20-18-14/h6-9H,2-5,15H2,1H3,(H2,16,21,22)(H,17,18,19,20)/t8-,9+. The second-order valence-electron chi connectivity index (χ2n) is 5.97. The number of aromatic amines is 1. The van der Waals surface area contributed by atoms with Crippen molar-refractivity contribution in [3.63, 3.8) is 0 Å². The Morgan fingerprint density at radius 1 is 1.25 bits per heavy atom. The molecule has 1 fully saturated rings. The molecule has 24 heavy (non-hydrogen) atoms. The summed E-state index contributed by atoms with van der Waals surface area (Å²) in [6.45, 7) is 0. The Morgan fingerprint density at radius 3 is 2.50 bits per heavy atom. The molecule has 0 saturated heterocycles. The third kappa shape index (κ3) is 3.32. The molecule has 5 N–H and O–H groups in total. The van der Waals surface area contributed by atoms with Crippen molar-refractivity contribution in [3.8, 4) is 11.4 Å². The fraction of sp³-hybridized carbons (Fsp3) is 0.500. The smallest absolute Gasteiger partial charge is 0.239 e. The number of rotatable bonds is 4. The summed E-state index contributed by atoms with van der Waals surface area (Å²) in [6, 6.07) is 3.97. The number of tetrazole rings is 1. The first-order chi connectivity index (χ1) is 11.4. The Morgan fingerprint density at radius 2 is 1.96 bits per heavy atom. The molecule has 0 bridgehead atoms. The van der Waals surface area contributed by atoms with Crippen molar-refractivity contribution in [2.45, 2.75) is 47.4 Å². The predicted molar refractivity (Wildman–Crippen MR) is 92.0 cm³/mol. The molecule has 0 aliphatic heterocycles.